The van der Waals surface area contributed by atoms with Gasteiger partial charge in [-0.1, -0.05) is 18.2 Å². The number of carbonyl (C=O) groups is 1. The molecule has 2 aromatic rings. The van der Waals surface area contributed by atoms with Crippen LogP contribution in [0.4, 0.5) is 4.39 Å². The number of carbonyl (C=O) groups excluding carboxylic acids is 1. The summed E-state index contributed by atoms with van der Waals surface area (Å²) in [5.41, 5.74) is 3.26. The number of halogens is 1. The molecule has 3 nitrogen and oxygen atoms in total. The largest absolute Gasteiger partial charge is 0.353 e. The molecule has 1 atom stereocenters. The number of nitrogens with one attached hydrogen (secondary N) is 1. The number of aromatic nitrogens is 1. The van der Waals surface area contributed by atoms with Crippen molar-refractivity contribution in [3.8, 4) is 0 Å². The predicted molar refractivity (Wildman–Crippen MR) is 88.1 cm³/mol. The van der Waals surface area contributed by atoms with Crippen molar-refractivity contribution in [2.75, 3.05) is 0 Å². The zero-order valence-corrected chi connectivity index (χ0v) is 12.8. The van der Waals surface area contributed by atoms with Gasteiger partial charge in [0.25, 0.3) is 0 Å². The van der Waals surface area contributed by atoms with Gasteiger partial charge in [-0.3, -0.25) is 9.78 Å². The SMILES string of the molecule is O=C(Cc1ccncc1)N[C@@H]1CC=C(c2ccc(F)cc2)CC1. The monoisotopic (exact) mass is 310 g/mol. The average molecular weight is 310 g/mol. The fourth-order valence-electron chi connectivity index (χ4n) is 2.86. The second-order valence-corrected chi connectivity index (χ2v) is 5.81. The van der Waals surface area contributed by atoms with Crippen molar-refractivity contribution in [3.05, 3.63) is 71.8 Å². The number of rotatable bonds is 4. The second kappa shape index (κ2) is 7.18. The Morgan fingerprint density at radius 1 is 1.17 bits per heavy atom. The summed E-state index contributed by atoms with van der Waals surface area (Å²) >= 11 is 0. The quantitative estimate of drug-likeness (QED) is 0.939. The lowest BCUT2D eigenvalue weighted by molar-refractivity contribution is -0.121. The topological polar surface area (TPSA) is 42.0 Å². The normalized spacial score (nSPS) is 17.4. The van der Waals surface area contributed by atoms with Crippen LogP contribution in [0.25, 0.3) is 5.57 Å². The number of amides is 1. The number of allylic oxidation sites excluding steroid dienone is 1. The third-order valence-corrected chi connectivity index (χ3v) is 4.11. The van der Waals surface area contributed by atoms with E-state index in [0.717, 1.165) is 30.4 Å². The zero-order valence-electron chi connectivity index (χ0n) is 12.8. The van der Waals surface area contributed by atoms with Crippen LogP contribution in [0.5, 0.6) is 0 Å². The van der Waals surface area contributed by atoms with E-state index in [1.54, 1.807) is 12.4 Å². The summed E-state index contributed by atoms with van der Waals surface area (Å²) in [6.45, 7) is 0. The molecular weight excluding hydrogens is 291 g/mol. The Hall–Kier alpha value is -2.49. The predicted octanol–water partition coefficient (Wildman–Crippen LogP) is 3.52. The molecule has 1 amide bonds. The molecular formula is C19H19FN2O. The van der Waals surface area contributed by atoms with Gasteiger partial charge in [-0.25, -0.2) is 4.39 Å². The molecule has 1 N–H and O–H groups in total. The average Bonchev–Trinajstić information content (AvgIpc) is 2.57. The molecule has 0 spiro atoms. The Morgan fingerprint density at radius 2 is 1.91 bits per heavy atom. The third kappa shape index (κ3) is 4.25. The van der Waals surface area contributed by atoms with Crippen molar-refractivity contribution < 1.29 is 9.18 Å². The first-order valence-electron chi connectivity index (χ1n) is 7.84. The van der Waals surface area contributed by atoms with E-state index in [0.29, 0.717) is 6.42 Å². The fraction of sp³-hybridized carbons (Fsp3) is 0.263. The Morgan fingerprint density at radius 3 is 2.57 bits per heavy atom. The number of pyridine rings is 1. The van der Waals surface area contributed by atoms with Crippen molar-refractivity contribution in [1.29, 1.82) is 0 Å². The molecule has 1 heterocycles. The molecule has 0 fully saturated rings. The van der Waals surface area contributed by atoms with Gasteiger partial charge in [0.05, 0.1) is 6.42 Å². The number of benzene rings is 1. The smallest absolute Gasteiger partial charge is 0.224 e. The van der Waals surface area contributed by atoms with Gasteiger partial charge in [0.15, 0.2) is 0 Å². The minimum atomic E-state index is -0.216. The summed E-state index contributed by atoms with van der Waals surface area (Å²) < 4.78 is 13.0. The Balaban J connectivity index is 1.54. The van der Waals surface area contributed by atoms with Crippen molar-refractivity contribution in [1.82, 2.24) is 10.3 Å². The van der Waals surface area contributed by atoms with E-state index >= 15 is 0 Å². The van der Waals surface area contributed by atoms with E-state index in [1.807, 2.05) is 24.3 Å². The van der Waals surface area contributed by atoms with Crippen molar-refractivity contribution in [2.45, 2.75) is 31.7 Å². The van der Waals surface area contributed by atoms with Gasteiger partial charge in [0.2, 0.25) is 5.91 Å². The lowest BCUT2D eigenvalue weighted by Gasteiger charge is -2.23. The van der Waals surface area contributed by atoms with E-state index in [4.69, 9.17) is 0 Å². The molecule has 0 saturated heterocycles. The lowest BCUT2D eigenvalue weighted by Crippen LogP contribution is -2.36. The van der Waals surface area contributed by atoms with Gasteiger partial charge < -0.3 is 5.32 Å². The Bertz CT molecular complexity index is 695. The van der Waals surface area contributed by atoms with E-state index in [-0.39, 0.29) is 17.8 Å². The van der Waals surface area contributed by atoms with Gasteiger partial charge >= 0.3 is 0 Å². The molecule has 1 aliphatic carbocycles. The van der Waals surface area contributed by atoms with Crippen LogP contribution in [0.15, 0.2) is 54.9 Å². The van der Waals surface area contributed by atoms with E-state index in [2.05, 4.69) is 16.4 Å². The fourth-order valence-corrected chi connectivity index (χ4v) is 2.86. The molecule has 1 aromatic heterocycles. The molecule has 0 bridgehead atoms. The van der Waals surface area contributed by atoms with Crippen molar-refractivity contribution >= 4 is 11.5 Å². The molecule has 0 radical (unpaired) electrons. The molecule has 3 rings (SSSR count). The summed E-state index contributed by atoms with van der Waals surface area (Å²) in [5.74, 6) is -0.175. The second-order valence-electron chi connectivity index (χ2n) is 5.81. The van der Waals surface area contributed by atoms with E-state index < -0.39 is 0 Å². The maximum absolute atomic E-state index is 13.0. The molecule has 1 aliphatic rings. The molecule has 23 heavy (non-hydrogen) atoms. The molecule has 1 aromatic carbocycles. The minimum Gasteiger partial charge on any atom is -0.353 e. The highest BCUT2D eigenvalue weighted by molar-refractivity contribution is 5.79. The first kappa shape index (κ1) is 15.4. The van der Waals surface area contributed by atoms with Crippen molar-refractivity contribution in [3.63, 3.8) is 0 Å². The molecule has 4 heteroatoms. The highest BCUT2D eigenvalue weighted by Gasteiger charge is 2.17. The maximum Gasteiger partial charge on any atom is 0.224 e. The standard InChI is InChI=1S/C19H19FN2O/c20-17-5-1-15(2-6-17)16-3-7-18(8-4-16)22-19(23)13-14-9-11-21-12-10-14/h1-3,5-6,9-12,18H,4,7-8,13H2,(H,22,23)/t18-/m1/s1. The van der Waals surface area contributed by atoms with Crippen LogP contribution in [-0.2, 0) is 11.2 Å². The summed E-state index contributed by atoms with van der Waals surface area (Å²) in [6, 6.07) is 10.5. The molecule has 118 valence electrons. The first-order valence-corrected chi connectivity index (χ1v) is 7.84. The Kier molecular flexibility index (Phi) is 4.81. The minimum absolute atomic E-state index is 0.0415. The van der Waals surface area contributed by atoms with Gasteiger partial charge in [-0.15, -0.1) is 0 Å². The summed E-state index contributed by atoms with van der Waals surface area (Å²) in [7, 11) is 0. The summed E-state index contributed by atoms with van der Waals surface area (Å²) in [5, 5.41) is 3.08. The van der Waals surface area contributed by atoms with Crippen molar-refractivity contribution in [2.24, 2.45) is 0 Å². The van der Waals surface area contributed by atoms with Crippen LogP contribution in [0.2, 0.25) is 0 Å². The third-order valence-electron chi connectivity index (χ3n) is 4.11. The van der Waals surface area contributed by atoms with Gasteiger partial charge in [-0.2, -0.15) is 0 Å². The van der Waals surface area contributed by atoms with Crippen LogP contribution in [0.3, 0.4) is 0 Å². The number of nitrogens with zero attached hydrogens (tertiary/aromatic N) is 1. The number of hydrogen-bond donors (Lipinski definition) is 1. The molecule has 0 saturated carbocycles. The van der Waals surface area contributed by atoms with Gasteiger partial charge in [0, 0.05) is 18.4 Å². The lowest BCUT2D eigenvalue weighted by atomic mass is 9.90. The van der Waals surface area contributed by atoms with Crippen LogP contribution < -0.4 is 5.32 Å². The van der Waals surface area contributed by atoms with E-state index in [1.165, 1.54) is 17.7 Å². The van der Waals surface area contributed by atoms with Gasteiger partial charge in [0.1, 0.15) is 5.82 Å². The number of hydrogen-bond acceptors (Lipinski definition) is 2. The van der Waals surface area contributed by atoms with E-state index in [9.17, 15) is 9.18 Å². The van der Waals surface area contributed by atoms with Crippen LogP contribution in [0, 0.1) is 5.82 Å². The highest BCUT2D eigenvalue weighted by Crippen LogP contribution is 2.27. The molecule has 0 aliphatic heterocycles. The van der Waals surface area contributed by atoms with Crippen LogP contribution >= 0.6 is 0 Å². The summed E-state index contributed by atoms with van der Waals surface area (Å²) in [4.78, 5) is 16.0. The first-order chi connectivity index (χ1) is 11.2. The maximum atomic E-state index is 13.0. The Labute approximate surface area is 135 Å². The van der Waals surface area contributed by atoms with Gasteiger partial charge in [-0.05, 0) is 60.2 Å². The molecule has 0 unspecified atom stereocenters. The highest BCUT2D eigenvalue weighted by atomic mass is 19.1. The zero-order chi connectivity index (χ0) is 16.1. The summed E-state index contributed by atoms with van der Waals surface area (Å²) in [6.07, 6.45) is 8.54. The van der Waals surface area contributed by atoms with Crippen LogP contribution in [0.1, 0.15) is 30.4 Å². The van der Waals surface area contributed by atoms with Crippen LogP contribution in [-0.4, -0.2) is 16.9 Å².